The SMILES string of the molecule is CC(=O)C(=Cc1ccccc1)Cc1ccccc1.[SnH4]. The maximum atomic E-state index is 11.7. The van der Waals surface area contributed by atoms with E-state index in [0.717, 1.165) is 16.7 Å². The van der Waals surface area contributed by atoms with Crippen LogP contribution in [0.25, 0.3) is 6.08 Å². The molecule has 0 heterocycles. The molecule has 0 amide bonds. The molecule has 0 aliphatic carbocycles. The quantitative estimate of drug-likeness (QED) is 0.606. The van der Waals surface area contributed by atoms with Crippen molar-refractivity contribution in [1.29, 1.82) is 0 Å². The molecule has 2 rings (SSSR count). The van der Waals surface area contributed by atoms with Gasteiger partial charge in [0.1, 0.15) is 0 Å². The number of ketones is 1. The van der Waals surface area contributed by atoms with Gasteiger partial charge in [0.2, 0.25) is 0 Å². The molecular weight excluding hydrogens is 339 g/mol. The Labute approximate surface area is 131 Å². The topological polar surface area (TPSA) is 17.1 Å². The first-order valence-corrected chi connectivity index (χ1v) is 6.06. The van der Waals surface area contributed by atoms with Crippen molar-refractivity contribution >= 4 is 35.8 Å². The Morgan fingerprint density at radius 3 is 2.00 bits per heavy atom. The van der Waals surface area contributed by atoms with E-state index in [2.05, 4.69) is 0 Å². The Morgan fingerprint density at radius 1 is 0.947 bits per heavy atom. The van der Waals surface area contributed by atoms with E-state index in [1.54, 1.807) is 6.92 Å². The summed E-state index contributed by atoms with van der Waals surface area (Å²) < 4.78 is 0. The second kappa shape index (κ2) is 7.95. The zero-order chi connectivity index (χ0) is 12.8. The Kier molecular flexibility index (Phi) is 6.57. The van der Waals surface area contributed by atoms with Crippen LogP contribution < -0.4 is 0 Å². The second-order valence-electron chi connectivity index (χ2n) is 4.30. The van der Waals surface area contributed by atoms with E-state index >= 15 is 0 Å². The van der Waals surface area contributed by atoms with Crippen LogP contribution in [0.2, 0.25) is 0 Å². The molecule has 0 aliphatic heterocycles. The zero-order valence-corrected chi connectivity index (χ0v) is 10.5. The molecule has 98 valence electrons. The molecule has 2 aromatic rings. The third-order valence-electron chi connectivity index (χ3n) is 2.83. The van der Waals surface area contributed by atoms with Gasteiger partial charge < -0.3 is 0 Å². The maximum absolute atomic E-state index is 11.7. The molecule has 19 heavy (non-hydrogen) atoms. The summed E-state index contributed by atoms with van der Waals surface area (Å²) in [6, 6.07) is 20.0. The van der Waals surface area contributed by atoms with Gasteiger partial charge in [-0.15, -0.1) is 0 Å². The minimum absolute atomic E-state index is 0. The van der Waals surface area contributed by atoms with Crippen LogP contribution in [0, 0.1) is 0 Å². The average molecular weight is 359 g/mol. The van der Waals surface area contributed by atoms with Crippen molar-refractivity contribution in [2.24, 2.45) is 0 Å². The first kappa shape index (κ1) is 15.7. The summed E-state index contributed by atoms with van der Waals surface area (Å²) in [5, 5.41) is 0. The second-order valence-corrected chi connectivity index (χ2v) is 4.30. The van der Waals surface area contributed by atoms with Gasteiger partial charge in [-0.25, -0.2) is 0 Å². The Balaban J connectivity index is 0.00000180. The average Bonchev–Trinajstić information content (AvgIpc) is 2.40. The van der Waals surface area contributed by atoms with Crippen molar-refractivity contribution in [1.82, 2.24) is 0 Å². The number of carbonyl (C=O) groups excluding carboxylic acids is 1. The van der Waals surface area contributed by atoms with E-state index in [1.165, 1.54) is 0 Å². The Bertz CT molecular complexity index is 544. The van der Waals surface area contributed by atoms with Gasteiger partial charge in [-0.05, 0) is 29.7 Å². The van der Waals surface area contributed by atoms with Crippen LogP contribution in [-0.2, 0) is 11.2 Å². The first-order valence-electron chi connectivity index (χ1n) is 6.06. The number of benzene rings is 2. The number of hydrogen-bond acceptors (Lipinski definition) is 1. The van der Waals surface area contributed by atoms with Gasteiger partial charge in [-0.2, -0.15) is 0 Å². The van der Waals surface area contributed by atoms with E-state index in [4.69, 9.17) is 0 Å². The van der Waals surface area contributed by atoms with E-state index in [-0.39, 0.29) is 29.7 Å². The summed E-state index contributed by atoms with van der Waals surface area (Å²) in [5.41, 5.74) is 3.07. The van der Waals surface area contributed by atoms with E-state index in [9.17, 15) is 4.79 Å². The molecule has 2 aromatic carbocycles. The molecule has 0 atom stereocenters. The van der Waals surface area contributed by atoms with Gasteiger partial charge in [0.25, 0.3) is 0 Å². The van der Waals surface area contributed by atoms with Crippen LogP contribution in [0.4, 0.5) is 0 Å². The van der Waals surface area contributed by atoms with Gasteiger partial charge >= 0.3 is 23.9 Å². The summed E-state index contributed by atoms with van der Waals surface area (Å²) in [4.78, 5) is 11.7. The molecule has 0 spiro atoms. The molecule has 0 saturated heterocycles. The number of allylic oxidation sites excluding steroid dienone is 1. The fourth-order valence-corrected chi connectivity index (χ4v) is 1.84. The molecule has 0 aliphatic rings. The third-order valence-corrected chi connectivity index (χ3v) is 2.83. The Hall–Kier alpha value is -1.35. The molecule has 0 saturated carbocycles. The molecular formula is C17H20OSn. The monoisotopic (exact) mass is 360 g/mol. The van der Waals surface area contributed by atoms with Gasteiger partial charge in [-0.1, -0.05) is 60.7 Å². The minimum atomic E-state index is 0. The van der Waals surface area contributed by atoms with Crippen LogP contribution >= 0.6 is 0 Å². The van der Waals surface area contributed by atoms with E-state index < -0.39 is 0 Å². The number of hydrogen-bond donors (Lipinski definition) is 0. The molecule has 0 aromatic heterocycles. The Morgan fingerprint density at radius 2 is 1.47 bits per heavy atom. The van der Waals surface area contributed by atoms with Crippen LogP contribution in [0.1, 0.15) is 18.1 Å². The van der Waals surface area contributed by atoms with Crippen molar-refractivity contribution in [3.05, 3.63) is 77.4 Å². The van der Waals surface area contributed by atoms with Gasteiger partial charge in [0.15, 0.2) is 5.78 Å². The normalized spacial score (nSPS) is 10.7. The number of carbonyl (C=O) groups is 1. The number of Topliss-reactive ketones (excluding diaryl/α,β-unsaturated/α-hetero) is 1. The van der Waals surface area contributed by atoms with Crippen LogP contribution in [0.3, 0.4) is 0 Å². The van der Waals surface area contributed by atoms with Crippen LogP contribution in [-0.4, -0.2) is 29.7 Å². The third kappa shape index (κ3) is 5.03. The fraction of sp³-hybridized carbons (Fsp3) is 0.118. The van der Waals surface area contributed by atoms with E-state index in [1.807, 2.05) is 66.7 Å². The van der Waals surface area contributed by atoms with Crippen LogP contribution in [0.15, 0.2) is 66.2 Å². The first-order chi connectivity index (χ1) is 8.75. The molecule has 2 heteroatoms. The molecule has 0 radical (unpaired) electrons. The van der Waals surface area contributed by atoms with Gasteiger partial charge in [-0.3, -0.25) is 4.79 Å². The fourth-order valence-electron chi connectivity index (χ4n) is 1.84. The standard InChI is InChI=1S/C17H16O.Sn.4H/c1-14(18)17(12-15-8-4-2-5-9-15)13-16-10-6-3-7-11-16;;;;;/h2-12H,13H2,1H3;;;;;. The summed E-state index contributed by atoms with van der Waals surface area (Å²) >= 11 is 0. The summed E-state index contributed by atoms with van der Waals surface area (Å²) in [6.45, 7) is 1.62. The van der Waals surface area contributed by atoms with Gasteiger partial charge in [0, 0.05) is 6.42 Å². The van der Waals surface area contributed by atoms with Crippen LogP contribution in [0.5, 0.6) is 0 Å². The van der Waals surface area contributed by atoms with Crippen molar-refractivity contribution in [3.8, 4) is 0 Å². The van der Waals surface area contributed by atoms with Crippen molar-refractivity contribution in [2.45, 2.75) is 13.3 Å². The molecule has 0 bridgehead atoms. The number of rotatable bonds is 4. The molecule has 0 fully saturated rings. The van der Waals surface area contributed by atoms with Crippen molar-refractivity contribution in [3.63, 3.8) is 0 Å². The molecule has 0 N–H and O–H groups in total. The van der Waals surface area contributed by atoms with E-state index in [0.29, 0.717) is 6.42 Å². The van der Waals surface area contributed by atoms with Crippen molar-refractivity contribution < 1.29 is 4.79 Å². The summed E-state index contributed by atoms with van der Waals surface area (Å²) in [5.74, 6) is 0.128. The van der Waals surface area contributed by atoms with Gasteiger partial charge in [0.05, 0.1) is 0 Å². The zero-order valence-electron chi connectivity index (χ0n) is 10.5. The summed E-state index contributed by atoms with van der Waals surface area (Å²) in [7, 11) is 0. The molecule has 0 unspecified atom stereocenters. The predicted molar refractivity (Wildman–Crippen MR) is 86.6 cm³/mol. The summed E-state index contributed by atoms with van der Waals surface area (Å²) in [6.07, 6.45) is 2.65. The van der Waals surface area contributed by atoms with Crippen molar-refractivity contribution in [2.75, 3.05) is 0 Å². The molecule has 1 nitrogen and oxygen atoms in total. The predicted octanol–water partition coefficient (Wildman–Crippen LogP) is 2.45.